The summed E-state index contributed by atoms with van der Waals surface area (Å²) in [7, 11) is 0. The van der Waals surface area contributed by atoms with Gasteiger partial charge in [-0.3, -0.25) is 0 Å². The minimum absolute atomic E-state index is 0.590. The van der Waals surface area contributed by atoms with Gasteiger partial charge in [-0.15, -0.1) is 0 Å². The summed E-state index contributed by atoms with van der Waals surface area (Å²) in [6.45, 7) is 3.29. The number of rotatable bonds is 10. The van der Waals surface area contributed by atoms with Gasteiger partial charge in [-0.2, -0.15) is 0 Å². The average molecular weight is 328 g/mol. The molecule has 4 heteroatoms. The number of nitrogens with zero attached hydrogens (tertiary/aromatic N) is 1. The summed E-state index contributed by atoms with van der Waals surface area (Å²) < 4.78 is 5.68. The van der Waals surface area contributed by atoms with Crippen molar-refractivity contribution in [1.82, 2.24) is 0 Å². The maximum atomic E-state index is 5.68. The zero-order valence-electron chi connectivity index (χ0n) is 11.5. The van der Waals surface area contributed by atoms with E-state index in [1.54, 1.807) is 6.21 Å². The van der Waals surface area contributed by atoms with Crippen molar-refractivity contribution in [2.45, 2.75) is 32.6 Å². The molecule has 0 aromatic heterocycles. The fourth-order valence-corrected chi connectivity index (χ4v) is 1.96. The Morgan fingerprint density at radius 3 is 2.53 bits per heavy atom. The number of oxime groups is 1. The fraction of sp³-hybridized carbons (Fsp3) is 0.533. The molecule has 106 valence electrons. The highest BCUT2D eigenvalue weighted by Crippen LogP contribution is 2.12. The summed E-state index contributed by atoms with van der Waals surface area (Å²) in [5.41, 5.74) is 1.01. The first-order valence-electron chi connectivity index (χ1n) is 6.81. The Kier molecular flexibility index (Phi) is 9.15. The predicted octanol–water partition coefficient (Wildman–Crippen LogP) is 4.39. The zero-order valence-corrected chi connectivity index (χ0v) is 13.1. The van der Waals surface area contributed by atoms with Gasteiger partial charge in [-0.05, 0) is 49.6 Å². The van der Waals surface area contributed by atoms with Crippen LogP contribution in [-0.2, 0) is 4.84 Å². The summed E-state index contributed by atoms with van der Waals surface area (Å²) in [4.78, 5) is 4.91. The first-order valence-corrected chi connectivity index (χ1v) is 7.93. The third-order valence-electron chi connectivity index (χ3n) is 2.58. The van der Waals surface area contributed by atoms with Gasteiger partial charge in [-0.25, -0.2) is 0 Å². The van der Waals surface area contributed by atoms with Crippen LogP contribution in [0.2, 0.25) is 0 Å². The smallest absolute Gasteiger partial charge is 0.119 e. The molecule has 0 amide bonds. The number of halogens is 1. The second-order valence-corrected chi connectivity index (χ2v) is 4.97. The van der Waals surface area contributed by atoms with E-state index < -0.39 is 0 Å². The van der Waals surface area contributed by atoms with Gasteiger partial charge in [0.15, 0.2) is 0 Å². The lowest BCUT2D eigenvalue weighted by molar-refractivity contribution is 0.160. The van der Waals surface area contributed by atoms with Crippen LogP contribution >= 0.6 is 15.9 Å². The molecule has 3 nitrogen and oxygen atoms in total. The molecule has 0 aliphatic carbocycles. The lowest BCUT2D eigenvalue weighted by Gasteiger charge is -2.06. The second-order valence-electron chi connectivity index (χ2n) is 4.17. The largest absolute Gasteiger partial charge is 0.494 e. The number of hydrogen-bond acceptors (Lipinski definition) is 3. The van der Waals surface area contributed by atoms with Crippen LogP contribution < -0.4 is 4.74 Å². The van der Waals surface area contributed by atoms with Crippen molar-refractivity contribution >= 4 is 22.1 Å². The van der Waals surface area contributed by atoms with Crippen LogP contribution in [-0.4, -0.2) is 24.8 Å². The normalized spacial score (nSPS) is 10.8. The van der Waals surface area contributed by atoms with Crippen molar-refractivity contribution in [3.63, 3.8) is 0 Å². The lowest BCUT2D eigenvalue weighted by Crippen LogP contribution is -1.97. The molecule has 0 N–H and O–H groups in total. The van der Waals surface area contributed by atoms with Crippen LogP contribution in [0.25, 0.3) is 0 Å². The van der Waals surface area contributed by atoms with Gasteiger partial charge >= 0.3 is 0 Å². The van der Waals surface area contributed by atoms with Gasteiger partial charge in [0.2, 0.25) is 0 Å². The number of benzene rings is 1. The maximum Gasteiger partial charge on any atom is 0.119 e. The molecule has 1 rings (SSSR count). The van der Waals surface area contributed by atoms with Crippen molar-refractivity contribution in [1.29, 1.82) is 0 Å². The van der Waals surface area contributed by atoms with Gasteiger partial charge < -0.3 is 9.57 Å². The Bertz CT molecular complexity index is 352. The van der Waals surface area contributed by atoms with E-state index in [9.17, 15) is 0 Å². The molecule has 0 saturated carbocycles. The predicted molar refractivity (Wildman–Crippen MR) is 83.4 cm³/mol. The first-order chi connectivity index (χ1) is 9.36. The van der Waals surface area contributed by atoms with Crippen LogP contribution in [0, 0.1) is 0 Å². The van der Waals surface area contributed by atoms with Gasteiger partial charge in [0.25, 0.3) is 0 Å². The van der Waals surface area contributed by atoms with Crippen molar-refractivity contribution in [3.8, 4) is 5.75 Å². The molecule has 0 unspecified atom stereocenters. The molecule has 0 aliphatic heterocycles. The minimum Gasteiger partial charge on any atom is -0.494 e. The van der Waals surface area contributed by atoms with E-state index >= 15 is 0 Å². The number of ether oxygens (including phenoxy) is 1. The Balaban J connectivity index is 2.20. The molecule has 1 aromatic rings. The van der Waals surface area contributed by atoms with Gasteiger partial charge in [0, 0.05) is 5.33 Å². The molecular formula is C15H22BrNO2. The average Bonchev–Trinajstić information content (AvgIpc) is 2.44. The van der Waals surface area contributed by atoms with Crippen LogP contribution in [0.15, 0.2) is 29.4 Å². The van der Waals surface area contributed by atoms with Crippen molar-refractivity contribution in [2.75, 3.05) is 18.5 Å². The molecular weight excluding hydrogens is 306 g/mol. The molecule has 0 radical (unpaired) electrons. The number of alkyl halides is 1. The minimum atomic E-state index is 0.590. The molecule has 0 aliphatic rings. The van der Waals surface area contributed by atoms with Crippen molar-refractivity contribution in [3.05, 3.63) is 29.8 Å². The van der Waals surface area contributed by atoms with Crippen LogP contribution in [0.3, 0.4) is 0 Å². The highest BCUT2D eigenvalue weighted by molar-refractivity contribution is 9.09. The second kappa shape index (κ2) is 10.9. The molecule has 0 heterocycles. The molecule has 0 bridgehead atoms. The summed E-state index contributed by atoms with van der Waals surface area (Å²) in [5.74, 6) is 0.911. The lowest BCUT2D eigenvalue weighted by atomic mass is 10.2. The highest BCUT2D eigenvalue weighted by Gasteiger charge is 1.95. The molecule has 0 atom stereocenters. The summed E-state index contributed by atoms with van der Waals surface area (Å²) in [6, 6.07) is 7.88. The van der Waals surface area contributed by atoms with Crippen LogP contribution in [0.1, 0.15) is 38.2 Å². The van der Waals surface area contributed by atoms with Gasteiger partial charge in [0.05, 0.1) is 12.8 Å². The quantitative estimate of drug-likeness (QED) is 0.276. The van der Waals surface area contributed by atoms with Gasteiger partial charge in [0.1, 0.15) is 12.4 Å². The molecule has 0 spiro atoms. The Morgan fingerprint density at radius 2 is 1.84 bits per heavy atom. The molecule has 0 fully saturated rings. The Labute approximate surface area is 124 Å². The Morgan fingerprint density at radius 1 is 1.11 bits per heavy atom. The monoisotopic (exact) mass is 327 g/mol. The van der Waals surface area contributed by atoms with Crippen molar-refractivity contribution in [2.24, 2.45) is 5.16 Å². The van der Waals surface area contributed by atoms with Crippen LogP contribution in [0.4, 0.5) is 0 Å². The van der Waals surface area contributed by atoms with Gasteiger partial charge in [-0.1, -0.05) is 33.9 Å². The zero-order chi connectivity index (χ0) is 13.8. The van der Waals surface area contributed by atoms with Crippen LogP contribution in [0.5, 0.6) is 5.75 Å². The molecule has 1 aromatic carbocycles. The SMILES string of the molecule is CCO/N=C/c1ccc(OCCCCCCBr)cc1. The van der Waals surface area contributed by atoms with E-state index in [4.69, 9.17) is 9.57 Å². The summed E-state index contributed by atoms with van der Waals surface area (Å²) in [5, 5.41) is 4.92. The summed E-state index contributed by atoms with van der Waals surface area (Å²) >= 11 is 3.43. The number of unbranched alkanes of at least 4 members (excludes halogenated alkanes) is 3. The van der Waals surface area contributed by atoms with E-state index in [1.165, 1.54) is 19.3 Å². The third-order valence-corrected chi connectivity index (χ3v) is 3.14. The topological polar surface area (TPSA) is 30.8 Å². The highest BCUT2D eigenvalue weighted by atomic mass is 79.9. The number of hydrogen-bond donors (Lipinski definition) is 0. The summed E-state index contributed by atoms with van der Waals surface area (Å²) in [6.07, 6.45) is 6.55. The van der Waals surface area contributed by atoms with Crippen molar-refractivity contribution < 1.29 is 9.57 Å². The third kappa shape index (κ3) is 7.88. The first kappa shape index (κ1) is 16.0. The van der Waals surface area contributed by atoms with E-state index in [0.29, 0.717) is 6.61 Å². The maximum absolute atomic E-state index is 5.68. The van der Waals surface area contributed by atoms with E-state index in [0.717, 1.165) is 29.7 Å². The van der Waals surface area contributed by atoms with E-state index in [1.807, 2.05) is 31.2 Å². The van der Waals surface area contributed by atoms with E-state index in [2.05, 4.69) is 21.1 Å². The Hall–Kier alpha value is -1.03. The fourth-order valence-electron chi connectivity index (χ4n) is 1.56. The molecule has 0 saturated heterocycles. The molecule has 19 heavy (non-hydrogen) atoms. The van der Waals surface area contributed by atoms with E-state index in [-0.39, 0.29) is 0 Å². The standard InChI is InChI=1S/C15H22BrNO2/c1-2-19-17-13-14-7-9-15(10-8-14)18-12-6-4-3-5-11-16/h7-10,13H,2-6,11-12H2,1H3/b17-13+.